The molecule has 0 heterocycles. The number of rotatable bonds is 2. The summed E-state index contributed by atoms with van der Waals surface area (Å²) >= 11 is 0. The van der Waals surface area contributed by atoms with Crippen LogP contribution in [0, 0.1) is 17.8 Å². The highest BCUT2D eigenvalue weighted by Gasteiger charge is 2.45. The summed E-state index contributed by atoms with van der Waals surface area (Å²) in [5, 5.41) is 3.10. The summed E-state index contributed by atoms with van der Waals surface area (Å²) < 4.78 is 0. The topological polar surface area (TPSA) is 29.1 Å². The predicted octanol–water partition coefficient (Wildman–Crippen LogP) is 1.95. The molecule has 0 saturated heterocycles. The summed E-state index contributed by atoms with van der Waals surface area (Å²) in [6.45, 7) is 3.91. The molecule has 74 valence electrons. The molecule has 1 N–H and O–H groups in total. The fraction of sp³-hybridized carbons (Fsp3) is 0.909. The lowest BCUT2D eigenvalue weighted by molar-refractivity contribution is -0.120. The van der Waals surface area contributed by atoms with Gasteiger partial charge in [0, 0.05) is 13.0 Å². The van der Waals surface area contributed by atoms with E-state index in [0.717, 1.165) is 17.8 Å². The zero-order valence-corrected chi connectivity index (χ0v) is 8.55. The Hall–Kier alpha value is -0.530. The first-order valence-electron chi connectivity index (χ1n) is 5.47. The second kappa shape index (κ2) is 3.32. The standard InChI is InChI=1S/C11H19NO/c1-3-9-4-8-5-10(9)11(6-8)12-7(2)13/h8-11H,3-6H2,1-2H3,(H,12,13)/t8-,9-,10+,11-/m1/s1. The van der Waals surface area contributed by atoms with Crippen molar-refractivity contribution < 1.29 is 4.79 Å². The SMILES string of the molecule is CC[C@@H]1C[C@@H]2C[C@@H]1[C@H](NC(C)=O)C2. The van der Waals surface area contributed by atoms with Crippen LogP contribution in [0.2, 0.25) is 0 Å². The molecular formula is C11H19NO. The minimum atomic E-state index is 0.146. The number of amides is 1. The van der Waals surface area contributed by atoms with Gasteiger partial charge in [-0.25, -0.2) is 0 Å². The summed E-state index contributed by atoms with van der Waals surface area (Å²) in [7, 11) is 0. The number of carbonyl (C=O) groups is 1. The molecule has 1 amide bonds. The zero-order chi connectivity index (χ0) is 9.42. The molecule has 2 aliphatic carbocycles. The number of nitrogens with one attached hydrogen (secondary N) is 1. The third kappa shape index (κ3) is 1.59. The summed E-state index contributed by atoms with van der Waals surface area (Å²) in [4.78, 5) is 11.0. The Morgan fingerprint density at radius 1 is 1.38 bits per heavy atom. The van der Waals surface area contributed by atoms with E-state index in [1.54, 1.807) is 6.92 Å². The van der Waals surface area contributed by atoms with Gasteiger partial charge in [-0.2, -0.15) is 0 Å². The zero-order valence-electron chi connectivity index (χ0n) is 8.55. The molecule has 2 rings (SSSR count). The van der Waals surface area contributed by atoms with Crippen molar-refractivity contribution in [3.63, 3.8) is 0 Å². The van der Waals surface area contributed by atoms with Crippen LogP contribution in [0.1, 0.15) is 39.5 Å². The molecule has 2 nitrogen and oxygen atoms in total. The molecule has 0 aromatic heterocycles. The van der Waals surface area contributed by atoms with Crippen molar-refractivity contribution in [3.05, 3.63) is 0 Å². The van der Waals surface area contributed by atoms with Crippen LogP contribution < -0.4 is 5.32 Å². The fourth-order valence-corrected chi connectivity index (χ4v) is 3.39. The van der Waals surface area contributed by atoms with Gasteiger partial charge in [-0.05, 0) is 37.0 Å². The first kappa shape index (κ1) is 9.04. The maximum Gasteiger partial charge on any atom is 0.217 e. The van der Waals surface area contributed by atoms with Crippen molar-refractivity contribution in [2.24, 2.45) is 17.8 Å². The third-order valence-electron chi connectivity index (χ3n) is 3.86. The van der Waals surface area contributed by atoms with Crippen LogP contribution in [0.25, 0.3) is 0 Å². The van der Waals surface area contributed by atoms with E-state index in [-0.39, 0.29) is 5.91 Å². The van der Waals surface area contributed by atoms with Crippen molar-refractivity contribution in [2.75, 3.05) is 0 Å². The smallest absolute Gasteiger partial charge is 0.217 e. The first-order chi connectivity index (χ1) is 6.20. The Morgan fingerprint density at radius 2 is 2.15 bits per heavy atom. The highest BCUT2D eigenvalue weighted by Crippen LogP contribution is 2.49. The molecule has 2 saturated carbocycles. The lowest BCUT2D eigenvalue weighted by atomic mass is 9.83. The highest BCUT2D eigenvalue weighted by molar-refractivity contribution is 5.73. The van der Waals surface area contributed by atoms with Gasteiger partial charge in [0.05, 0.1) is 0 Å². The van der Waals surface area contributed by atoms with Crippen molar-refractivity contribution in [1.82, 2.24) is 5.32 Å². The van der Waals surface area contributed by atoms with E-state index < -0.39 is 0 Å². The molecule has 0 aromatic rings. The van der Waals surface area contributed by atoms with Crippen molar-refractivity contribution in [2.45, 2.75) is 45.6 Å². The second-order valence-electron chi connectivity index (χ2n) is 4.71. The van der Waals surface area contributed by atoms with Crippen LogP contribution in [0.4, 0.5) is 0 Å². The Labute approximate surface area is 80.1 Å². The van der Waals surface area contributed by atoms with Gasteiger partial charge in [-0.15, -0.1) is 0 Å². The van der Waals surface area contributed by atoms with Crippen molar-refractivity contribution in [1.29, 1.82) is 0 Å². The molecule has 2 heteroatoms. The summed E-state index contributed by atoms with van der Waals surface area (Å²) in [5.41, 5.74) is 0. The summed E-state index contributed by atoms with van der Waals surface area (Å²) in [6.07, 6.45) is 5.30. The molecule has 13 heavy (non-hydrogen) atoms. The number of fused-ring (bicyclic) bond motifs is 2. The average Bonchev–Trinajstić information content (AvgIpc) is 2.60. The molecule has 2 fully saturated rings. The van der Waals surface area contributed by atoms with E-state index in [2.05, 4.69) is 12.2 Å². The van der Waals surface area contributed by atoms with Gasteiger partial charge in [0.15, 0.2) is 0 Å². The molecule has 2 bridgehead atoms. The monoisotopic (exact) mass is 181 g/mol. The number of carbonyl (C=O) groups excluding carboxylic acids is 1. The van der Waals surface area contributed by atoms with E-state index >= 15 is 0 Å². The van der Waals surface area contributed by atoms with Crippen LogP contribution in [0.5, 0.6) is 0 Å². The maximum absolute atomic E-state index is 11.0. The van der Waals surface area contributed by atoms with Gasteiger partial charge in [-0.3, -0.25) is 4.79 Å². The van der Waals surface area contributed by atoms with Gasteiger partial charge in [0.25, 0.3) is 0 Å². The van der Waals surface area contributed by atoms with Crippen LogP contribution in [-0.4, -0.2) is 11.9 Å². The fourth-order valence-electron chi connectivity index (χ4n) is 3.39. The van der Waals surface area contributed by atoms with E-state index in [4.69, 9.17) is 0 Å². The summed E-state index contributed by atoms with van der Waals surface area (Å²) in [5.74, 6) is 2.73. The van der Waals surface area contributed by atoms with Gasteiger partial charge < -0.3 is 5.32 Å². The maximum atomic E-state index is 11.0. The number of hydrogen-bond donors (Lipinski definition) is 1. The van der Waals surface area contributed by atoms with Gasteiger partial charge in [0.2, 0.25) is 5.91 Å². The van der Waals surface area contributed by atoms with Gasteiger partial charge >= 0.3 is 0 Å². The quantitative estimate of drug-likeness (QED) is 0.693. The van der Waals surface area contributed by atoms with Gasteiger partial charge in [-0.1, -0.05) is 13.3 Å². The Bertz CT molecular complexity index is 214. The van der Waals surface area contributed by atoms with Crippen molar-refractivity contribution >= 4 is 5.91 Å². The molecule has 0 radical (unpaired) electrons. The lowest BCUT2D eigenvalue weighted by Crippen LogP contribution is -2.39. The lowest BCUT2D eigenvalue weighted by Gasteiger charge is -2.29. The Kier molecular flexibility index (Phi) is 2.31. The molecule has 0 unspecified atom stereocenters. The Morgan fingerprint density at radius 3 is 2.69 bits per heavy atom. The van der Waals surface area contributed by atoms with E-state index in [1.807, 2.05) is 0 Å². The molecular weight excluding hydrogens is 162 g/mol. The third-order valence-corrected chi connectivity index (χ3v) is 3.86. The van der Waals surface area contributed by atoms with Crippen LogP contribution in [-0.2, 0) is 4.79 Å². The van der Waals surface area contributed by atoms with Crippen LogP contribution in [0.15, 0.2) is 0 Å². The predicted molar refractivity (Wildman–Crippen MR) is 52.2 cm³/mol. The normalized spacial score (nSPS) is 42.3. The first-order valence-corrected chi connectivity index (χ1v) is 5.47. The Balaban J connectivity index is 1.97. The molecule has 0 aromatic carbocycles. The van der Waals surface area contributed by atoms with Gasteiger partial charge in [0.1, 0.15) is 0 Å². The summed E-state index contributed by atoms with van der Waals surface area (Å²) in [6, 6.07) is 0.501. The van der Waals surface area contributed by atoms with E-state index in [9.17, 15) is 4.79 Å². The average molecular weight is 181 g/mol. The van der Waals surface area contributed by atoms with Crippen molar-refractivity contribution in [3.8, 4) is 0 Å². The van der Waals surface area contributed by atoms with Crippen LogP contribution in [0.3, 0.4) is 0 Å². The van der Waals surface area contributed by atoms with Crippen LogP contribution >= 0.6 is 0 Å². The highest BCUT2D eigenvalue weighted by atomic mass is 16.1. The molecule has 0 aliphatic heterocycles. The van der Waals surface area contributed by atoms with E-state index in [0.29, 0.717) is 6.04 Å². The number of hydrogen-bond acceptors (Lipinski definition) is 1. The minimum absolute atomic E-state index is 0.146. The second-order valence-corrected chi connectivity index (χ2v) is 4.71. The largest absolute Gasteiger partial charge is 0.353 e. The molecule has 4 atom stereocenters. The van der Waals surface area contributed by atoms with E-state index in [1.165, 1.54) is 25.7 Å². The minimum Gasteiger partial charge on any atom is -0.353 e. The molecule has 2 aliphatic rings. The molecule has 0 spiro atoms.